The molecule has 3 N–H and O–H groups in total. The highest BCUT2D eigenvalue weighted by Crippen LogP contribution is 2.22. The van der Waals surface area contributed by atoms with Gasteiger partial charge in [0.1, 0.15) is 6.07 Å². The van der Waals surface area contributed by atoms with E-state index in [2.05, 4.69) is 30.3 Å². The summed E-state index contributed by atoms with van der Waals surface area (Å²) in [6.07, 6.45) is 2.26. The molecule has 2 rings (SSSR count). The number of nitriles is 1. The molecule has 1 aliphatic rings. The highest BCUT2D eigenvalue weighted by atomic mass is 15.1. The van der Waals surface area contributed by atoms with Crippen molar-refractivity contribution >= 4 is 11.4 Å². The molecule has 0 saturated carbocycles. The first-order valence-electron chi connectivity index (χ1n) is 6.36. The Bertz CT molecular complexity index is 463. The number of piperidine rings is 1. The Morgan fingerprint density at radius 3 is 2.94 bits per heavy atom. The van der Waals surface area contributed by atoms with Gasteiger partial charge in [0.05, 0.1) is 5.56 Å². The van der Waals surface area contributed by atoms with Crippen LogP contribution in [-0.2, 0) is 0 Å². The molecule has 0 bridgehead atoms. The largest absolute Gasteiger partial charge is 0.398 e. The Hall–Kier alpha value is -1.73. The third-order valence-electron chi connectivity index (χ3n) is 3.75. The number of benzene rings is 1. The van der Waals surface area contributed by atoms with E-state index in [1.807, 2.05) is 12.1 Å². The van der Waals surface area contributed by atoms with Gasteiger partial charge in [-0.2, -0.15) is 5.26 Å². The molecule has 0 aliphatic carbocycles. The van der Waals surface area contributed by atoms with Crippen LogP contribution in [0.5, 0.6) is 0 Å². The predicted molar refractivity (Wildman–Crippen MR) is 74.3 cm³/mol. The van der Waals surface area contributed by atoms with E-state index in [0.717, 1.165) is 25.1 Å². The third kappa shape index (κ3) is 2.74. The summed E-state index contributed by atoms with van der Waals surface area (Å²) in [4.78, 5) is 2.38. The van der Waals surface area contributed by atoms with Crippen molar-refractivity contribution in [3.05, 3.63) is 23.8 Å². The molecule has 1 aromatic rings. The minimum absolute atomic E-state index is 0.478. The molecule has 1 saturated heterocycles. The van der Waals surface area contributed by atoms with Crippen molar-refractivity contribution in [1.82, 2.24) is 4.90 Å². The molecule has 1 fully saturated rings. The van der Waals surface area contributed by atoms with Gasteiger partial charge in [0.2, 0.25) is 0 Å². The molecule has 18 heavy (non-hydrogen) atoms. The van der Waals surface area contributed by atoms with Crippen LogP contribution in [0.2, 0.25) is 0 Å². The van der Waals surface area contributed by atoms with Crippen LogP contribution in [0.4, 0.5) is 11.4 Å². The number of anilines is 2. The number of likely N-dealkylation sites (tertiary alicyclic amines) is 1. The Kier molecular flexibility index (Phi) is 3.73. The molecule has 4 nitrogen and oxygen atoms in total. The van der Waals surface area contributed by atoms with E-state index in [4.69, 9.17) is 11.0 Å². The van der Waals surface area contributed by atoms with Gasteiger partial charge >= 0.3 is 0 Å². The zero-order chi connectivity index (χ0) is 13.1. The fraction of sp³-hybridized carbons (Fsp3) is 0.500. The Morgan fingerprint density at radius 2 is 2.28 bits per heavy atom. The molecule has 0 spiro atoms. The first-order chi connectivity index (χ1) is 8.60. The lowest BCUT2D eigenvalue weighted by atomic mass is 9.98. The highest BCUT2D eigenvalue weighted by molar-refractivity contribution is 5.62. The van der Waals surface area contributed by atoms with Gasteiger partial charge in [0, 0.05) is 30.0 Å². The Morgan fingerprint density at radius 1 is 1.50 bits per heavy atom. The van der Waals surface area contributed by atoms with Crippen LogP contribution in [0.1, 0.15) is 25.3 Å². The van der Waals surface area contributed by atoms with Crippen LogP contribution >= 0.6 is 0 Å². The monoisotopic (exact) mass is 244 g/mol. The maximum absolute atomic E-state index is 8.96. The summed E-state index contributed by atoms with van der Waals surface area (Å²) in [5, 5.41) is 12.5. The lowest BCUT2D eigenvalue weighted by molar-refractivity contribution is 0.190. The summed E-state index contributed by atoms with van der Waals surface area (Å²) in [5.41, 5.74) is 7.79. The smallest absolute Gasteiger partial charge is 0.101 e. The zero-order valence-electron chi connectivity index (χ0n) is 11.0. The van der Waals surface area contributed by atoms with Gasteiger partial charge in [-0.15, -0.1) is 0 Å². The molecule has 1 aromatic carbocycles. The zero-order valence-corrected chi connectivity index (χ0v) is 11.0. The van der Waals surface area contributed by atoms with Crippen LogP contribution in [0.25, 0.3) is 0 Å². The second kappa shape index (κ2) is 5.28. The quantitative estimate of drug-likeness (QED) is 0.781. The molecule has 0 radical (unpaired) electrons. The molecule has 4 heteroatoms. The van der Waals surface area contributed by atoms with Crippen LogP contribution < -0.4 is 11.1 Å². The Balaban J connectivity index is 2.04. The second-order valence-electron chi connectivity index (χ2n) is 5.11. The van der Waals surface area contributed by atoms with Crippen molar-refractivity contribution in [1.29, 1.82) is 5.26 Å². The van der Waals surface area contributed by atoms with Crippen LogP contribution in [-0.4, -0.2) is 30.6 Å². The van der Waals surface area contributed by atoms with Crippen molar-refractivity contribution < 1.29 is 0 Å². The van der Waals surface area contributed by atoms with E-state index in [-0.39, 0.29) is 0 Å². The number of rotatable bonds is 2. The van der Waals surface area contributed by atoms with Gasteiger partial charge in [0.15, 0.2) is 0 Å². The first-order valence-corrected chi connectivity index (χ1v) is 6.36. The number of nitrogen functional groups attached to an aromatic ring is 1. The minimum Gasteiger partial charge on any atom is -0.398 e. The maximum atomic E-state index is 8.96. The number of nitrogens with one attached hydrogen (secondary N) is 1. The number of hydrogen-bond acceptors (Lipinski definition) is 4. The van der Waals surface area contributed by atoms with Gasteiger partial charge < -0.3 is 16.0 Å². The molecule has 2 unspecified atom stereocenters. The van der Waals surface area contributed by atoms with Crippen molar-refractivity contribution in [3.8, 4) is 6.07 Å². The summed E-state index contributed by atoms with van der Waals surface area (Å²) in [6.45, 7) is 3.36. The van der Waals surface area contributed by atoms with E-state index in [0.29, 0.717) is 23.3 Å². The molecule has 0 amide bonds. The van der Waals surface area contributed by atoms with Gasteiger partial charge in [-0.1, -0.05) is 0 Å². The van der Waals surface area contributed by atoms with Crippen LogP contribution in [0.3, 0.4) is 0 Å². The van der Waals surface area contributed by atoms with E-state index < -0.39 is 0 Å². The predicted octanol–water partition coefficient (Wildman–Crippen LogP) is 2.04. The average molecular weight is 244 g/mol. The number of hydrogen-bond donors (Lipinski definition) is 2. The molecule has 1 aliphatic heterocycles. The number of nitrogens with zero attached hydrogens (tertiary/aromatic N) is 2. The summed E-state index contributed by atoms with van der Waals surface area (Å²) in [7, 11) is 2.16. The summed E-state index contributed by atoms with van der Waals surface area (Å²) >= 11 is 0. The van der Waals surface area contributed by atoms with Gasteiger partial charge in [-0.3, -0.25) is 0 Å². The molecular formula is C14H20N4. The fourth-order valence-corrected chi connectivity index (χ4v) is 2.40. The molecule has 96 valence electrons. The topological polar surface area (TPSA) is 65.1 Å². The molecule has 1 heterocycles. The Labute approximate surface area is 108 Å². The van der Waals surface area contributed by atoms with Gasteiger partial charge in [0.25, 0.3) is 0 Å². The fourth-order valence-electron chi connectivity index (χ4n) is 2.40. The lowest BCUT2D eigenvalue weighted by Crippen LogP contribution is -2.42. The summed E-state index contributed by atoms with van der Waals surface area (Å²) < 4.78 is 0. The normalized spacial score (nSPS) is 24.5. The van der Waals surface area contributed by atoms with E-state index >= 15 is 0 Å². The standard InChI is InChI=1S/C14H20N4/c1-10-7-13(5-6-18(10)2)17-12-3-4-14(16)11(8-12)9-15/h3-4,8,10,13,17H,5-7,16H2,1-2H3. The number of nitrogens with two attached hydrogens (primary N) is 1. The van der Waals surface area contributed by atoms with Crippen molar-refractivity contribution in [2.24, 2.45) is 0 Å². The van der Waals surface area contributed by atoms with Crippen molar-refractivity contribution in [3.63, 3.8) is 0 Å². The molecular weight excluding hydrogens is 224 g/mol. The van der Waals surface area contributed by atoms with Gasteiger partial charge in [-0.25, -0.2) is 0 Å². The minimum atomic E-state index is 0.478. The van der Waals surface area contributed by atoms with Crippen molar-refractivity contribution in [2.75, 3.05) is 24.6 Å². The van der Waals surface area contributed by atoms with E-state index in [9.17, 15) is 0 Å². The van der Waals surface area contributed by atoms with E-state index in [1.165, 1.54) is 0 Å². The highest BCUT2D eigenvalue weighted by Gasteiger charge is 2.22. The van der Waals surface area contributed by atoms with Gasteiger partial charge in [-0.05, 0) is 45.0 Å². The molecule has 0 aromatic heterocycles. The SMILES string of the molecule is CC1CC(Nc2ccc(N)c(C#N)c2)CCN1C. The third-order valence-corrected chi connectivity index (χ3v) is 3.75. The van der Waals surface area contributed by atoms with Crippen LogP contribution in [0, 0.1) is 11.3 Å². The lowest BCUT2D eigenvalue weighted by Gasteiger charge is -2.35. The summed E-state index contributed by atoms with van der Waals surface area (Å²) in [6, 6.07) is 8.76. The average Bonchev–Trinajstić information content (AvgIpc) is 2.36. The van der Waals surface area contributed by atoms with Crippen LogP contribution in [0.15, 0.2) is 18.2 Å². The van der Waals surface area contributed by atoms with E-state index in [1.54, 1.807) is 6.07 Å². The molecule has 2 atom stereocenters. The first kappa shape index (κ1) is 12.7. The second-order valence-corrected chi connectivity index (χ2v) is 5.11. The maximum Gasteiger partial charge on any atom is 0.101 e. The summed E-state index contributed by atoms with van der Waals surface area (Å²) in [5.74, 6) is 0. The van der Waals surface area contributed by atoms with Crippen molar-refractivity contribution in [2.45, 2.75) is 31.8 Å².